The number of nitrogens with one attached hydrogen (secondary N) is 3. The van der Waals surface area contributed by atoms with Gasteiger partial charge in [0.05, 0.1) is 12.2 Å². The molecule has 0 aliphatic heterocycles. The van der Waals surface area contributed by atoms with Crippen LogP contribution in [0.25, 0.3) is 0 Å². The molecule has 1 aromatic carbocycles. The number of benzene rings is 1. The third kappa shape index (κ3) is 6.34. The third-order valence-electron chi connectivity index (χ3n) is 4.87. The SMILES string of the molecule is CCNC(=O)c1ccc(CN=C(NCC)NC(C)Cc2c(C)nn(C)c2C)cc1. The monoisotopic (exact) mass is 398 g/mol. The number of hydrogen-bond donors (Lipinski definition) is 3. The molecule has 1 unspecified atom stereocenters. The summed E-state index contributed by atoms with van der Waals surface area (Å²) in [6, 6.07) is 7.79. The Bertz CT molecular complexity index is 838. The van der Waals surface area contributed by atoms with Crippen molar-refractivity contribution in [2.24, 2.45) is 12.0 Å². The Balaban J connectivity index is 2.00. The first-order valence-electron chi connectivity index (χ1n) is 10.3. The molecular formula is C22H34N6O. The third-order valence-corrected chi connectivity index (χ3v) is 4.87. The maximum atomic E-state index is 11.9. The molecular weight excluding hydrogens is 364 g/mol. The Hall–Kier alpha value is -2.83. The number of amides is 1. The van der Waals surface area contributed by atoms with Crippen LogP contribution in [0.4, 0.5) is 0 Å². The van der Waals surface area contributed by atoms with Gasteiger partial charge in [-0.15, -0.1) is 0 Å². The largest absolute Gasteiger partial charge is 0.357 e. The van der Waals surface area contributed by atoms with E-state index in [1.807, 2.05) is 42.9 Å². The Morgan fingerprint density at radius 3 is 2.34 bits per heavy atom. The summed E-state index contributed by atoms with van der Waals surface area (Å²) >= 11 is 0. The Morgan fingerprint density at radius 1 is 1.14 bits per heavy atom. The molecule has 3 N–H and O–H groups in total. The van der Waals surface area contributed by atoms with Crippen LogP contribution in [0.5, 0.6) is 0 Å². The highest BCUT2D eigenvalue weighted by atomic mass is 16.1. The van der Waals surface area contributed by atoms with Gasteiger partial charge in [-0.2, -0.15) is 5.10 Å². The minimum absolute atomic E-state index is 0.0487. The maximum Gasteiger partial charge on any atom is 0.251 e. The van der Waals surface area contributed by atoms with E-state index < -0.39 is 0 Å². The van der Waals surface area contributed by atoms with Crippen molar-refractivity contribution in [1.82, 2.24) is 25.7 Å². The average molecular weight is 399 g/mol. The number of guanidine groups is 1. The zero-order valence-corrected chi connectivity index (χ0v) is 18.5. The van der Waals surface area contributed by atoms with E-state index in [9.17, 15) is 4.79 Å². The summed E-state index contributed by atoms with van der Waals surface area (Å²) < 4.78 is 1.93. The number of carbonyl (C=O) groups is 1. The Labute approximate surface area is 174 Å². The quantitative estimate of drug-likeness (QED) is 0.471. The van der Waals surface area contributed by atoms with Crippen LogP contribution in [0.2, 0.25) is 0 Å². The molecule has 7 nitrogen and oxygen atoms in total. The van der Waals surface area contributed by atoms with Crippen molar-refractivity contribution >= 4 is 11.9 Å². The van der Waals surface area contributed by atoms with Crippen LogP contribution >= 0.6 is 0 Å². The zero-order chi connectivity index (χ0) is 21.4. The van der Waals surface area contributed by atoms with E-state index in [0.717, 1.165) is 30.2 Å². The summed E-state index contributed by atoms with van der Waals surface area (Å²) in [5.41, 5.74) is 5.28. The van der Waals surface area contributed by atoms with Crippen molar-refractivity contribution in [3.63, 3.8) is 0 Å². The van der Waals surface area contributed by atoms with Crippen LogP contribution in [0.3, 0.4) is 0 Å². The van der Waals surface area contributed by atoms with Gasteiger partial charge in [0.25, 0.3) is 5.91 Å². The van der Waals surface area contributed by atoms with Crippen molar-refractivity contribution in [2.75, 3.05) is 13.1 Å². The lowest BCUT2D eigenvalue weighted by Gasteiger charge is -2.18. The molecule has 1 heterocycles. The van der Waals surface area contributed by atoms with E-state index in [0.29, 0.717) is 18.7 Å². The Morgan fingerprint density at radius 2 is 1.79 bits per heavy atom. The fourth-order valence-corrected chi connectivity index (χ4v) is 3.22. The van der Waals surface area contributed by atoms with Gasteiger partial charge in [-0.05, 0) is 64.3 Å². The van der Waals surface area contributed by atoms with Crippen molar-refractivity contribution in [1.29, 1.82) is 0 Å². The van der Waals surface area contributed by atoms with Crippen molar-refractivity contribution < 1.29 is 4.79 Å². The lowest BCUT2D eigenvalue weighted by Crippen LogP contribution is -2.43. The maximum absolute atomic E-state index is 11.9. The predicted octanol–water partition coefficient (Wildman–Crippen LogP) is 2.47. The predicted molar refractivity (Wildman–Crippen MR) is 118 cm³/mol. The molecule has 0 bridgehead atoms. The lowest BCUT2D eigenvalue weighted by molar-refractivity contribution is 0.0956. The molecule has 1 atom stereocenters. The molecule has 158 valence electrons. The first-order valence-corrected chi connectivity index (χ1v) is 10.3. The number of nitrogens with zero attached hydrogens (tertiary/aromatic N) is 3. The van der Waals surface area contributed by atoms with E-state index in [1.165, 1.54) is 11.3 Å². The van der Waals surface area contributed by atoms with E-state index in [4.69, 9.17) is 4.99 Å². The molecule has 0 spiro atoms. The first-order chi connectivity index (χ1) is 13.8. The van der Waals surface area contributed by atoms with Gasteiger partial charge < -0.3 is 16.0 Å². The fourth-order valence-electron chi connectivity index (χ4n) is 3.22. The molecule has 2 rings (SSSR count). The molecule has 1 aromatic heterocycles. The second-order valence-electron chi connectivity index (χ2n) is 7.27. The molecule has 0 aliphatic rings. The average Bonchev–Trinajstić information content (AvgIpc) is 2.93. The zero-order valence-electron chi connectivity index (χ0n) is 18.5. The summed E-state index contributed by atoms with van der Waals surface area (Å²) in [5, 5.41) is 14.1. The van der Waals surface area contributed by atoms with Crippen molar-refractivity contribution in [3.05, 3.63) is 52.3 Å². The molecule has 2 aromatic rings. The van der Waals surface area contributed by atoms with E-state index >= 15 is 0 Å². The van der Waals surface area contributed by atoms with Gasteiger partial charge in [0.15, 0.2) is 5.96 Å². The number of hydrogen-bond acceptors (Lipinski definition) is 3. The van der Waals surface area contributed by atoms with Gasteiger partial charge in [-0.1, -0.05) is 12.1 Å². The number of carbonyl (C=O) groups excluding carboxylic acids is 1. The van der Waals surface area contributed by atoms with Gasteiger partial charge in [0.2, 0.25) is 0 Å². The van der Waals surface area contributed by atoms with Gasteiger partial charge in [-0.25, -0.2) is 4.99 Å². The number of aliphatic imine (C=N–C) groups is 1. The normalized spacial score (nSPS) is 12.6. The minimum atomic E-state index is -0.0487. The lowest BCUT2D eigenvalue weighted by atomic mass is 10.1. The summed E-state index contributed by atoms with van der Waals surface area (Å²) in [7, 11) is 1.98. The first kappa shape index (κ1) is 22.5. The number of rotatable bonds is 8. The van der Waals surface area contributed by atoms with Gasteiger partial charge in [0, 0.05) is 37.4 Å². The summed E-state index contributed by atoms with van der Waals surface area (Å²) in [5.74, 6) is 0.736. The van der Waals surface area contributed by atoms with E-state index in [1.54, 1.807) is 0 Å². The minimum Gasteiger partial charge on any atom is -0.357 e. The van der Waals surface area contributed by atoms with E-state index in [2.05, 4.69) is 48.7 Å². The van der Waals surface area contributed by atoms with Gasteiger partial charge in [0.1, 0.15) is 0 Å². The van der Waals surface area contributed by atoms with Gasteiger partial charge >= 0.3 is 0 Å². The second kappa shape index (κ2) is 10.6. The van der Waals surface area contributed by atoms with Gasteiger partial charge in [-0.3, -0.25) is 9.48 Å². The van der Waals surface area contributed by atoms with E-state index in [-0.39, 0.29) is 11.9 Å². The molecule has 29 heavy (non-hydrogen) atoms. The van der Waals surface area contributed by atoms with Crippen LogP contribution in [0.15, 0.2) is 29.3 Å². The molecule has 0 aliphatic carbocycles. The summed E-state index contributed by atoms with van der Waals surface area (Å²) in [6.07, 6.45) is 0.886. The summed E-state index contributed by atoms with van der Waals surface area (Å²) in [4.78, 5) is 16.6. The highest BCUT2D eigenvalue weighted by molar-refractivity contribution is 5.94. The van der Waals surface area contributed by atoms with Crippen molar-refractivity contribution in [3.8, 4) is 0 Å². The Kier molecular flexibility index (Phi) is 8.24. The molecule has 0 saturated heterocycles. The molecule has 1 amide bonds. The standard InChI is InChI=1S/C22H34N6O/c1-7-23-21(29)19-11-9-18(10-12-19)14-25-22(24-8-2)26-15(3)13-20-16(4)27-28(6)17(20)5/h9-12,15H,7-8,13-14H2,1-6H3,(H,23,29)(H2,24,25,26). The topological polar surface area (TPSA) is 83.3 Å². The number of aromatic nitrogens is 2. The molecule has 0 radical (unpaired) electrons. The molecule has 7 heteroatoms. The summed E-state index contributed by atoms with van der Waals surface area (Å²) in [6.45, 7) is 12.2. The van der Waals surface area contributed by atoms with Crippen molar-refractivity contribution in [2.45, 2.75) is 53.6 Å². The second-order valence-corrected chi connectivity index (χ2v) is 7.27. The smallest absolute Gasteiger partial charge is 0.251 e. The highest BCUT2D eigenvalue weighted by Gasteiger charge is 2.14. The molecule has 0 saturated carbocycles. The van der Waals surface area contributed by atoms with Crippen LogP contribution in [-0.2, 0) is 20.0 Å². The molecule has 0 fully saturated rings. The van der Waals surface area contributed by atoms with Crippen LogP contribution in [-0.4, -0.2) is 40.8 Å². The fraction of sp³-hybridized carbons (Fsp3) is 0.500. The highest BCUT2D eigenvalue weighted by Crippen LogP contribution is 2.14. The van der Waals surface area contributed by atoms with Crippen LogP contribution < -0.4 is 16.0 Å². The van der Waals surface area contributed by atoms with Crippen LogP contribution in [0.1, 0.15) is 53.6 Å². The number of aryl methyl sites for hydroxylation is 2. The van der Waals surface area contributed by atoms with Crippen LogP contribution in [0, 0.1) is 13.8 Å².